The van der Waals surface area contributed by atoms with Crippen molar-refractivity contribution in [3.63, 3.8) is 0 Å². The topological polar surface area (TPSA) is 73.9 Å². The van der Waals surface area contributed by atoms with Crippen molar-refractivity contribution in [3.05, 3.63) is 53.1 Å². The number of hydrogen-bond donors (Lipinski definition) is 1. The molecule has 27 heavy (non-hydrogen) atoms. The minimum Gasteiger partial charge on any atom is -0.455 e. The second kappa shape index (κ2) is 8.81. The number of esters is 1. The molecular weight excluding hydrogens is 366 g/mol. The van der Waals surface area contributed by atoms with Crippen molar-refractivity contribution in [3.8, 4) is 11.5 Å². The molecular formula is C20H21NO5S. The lowest BCUT2D eigenvalue weighted by Crippen LogP contribution is -2.28. The van der Waals surface area contributed by atoms with E-state index in [1.807, 2.05) is 44.2 Å². The zero-order chi connectivity index (χ0) is 19.2. The molecule has 2 aromatic carbocycles. The van der Waals surface area contributed by atoms with Crippen LogP contribution in [-0.2, 0) is 20.9 Å². The van der Waals surface area contributed by atoms with Gasteiger partial charge in [-0.3, -0.25) is 9.59 Å². The molecule has 1 amide bonds. The lowest BCUT2D eigenvalue weighted by atomic mass is 10.2. The summed E-state index contributed by atoms with van der Waals surface area (Å²) in [4.78, 5) is 24.8. The van der Waals surface area contributed by atoms with E-state index in [1.165, 1.54) is 11.8 Å². The van der Waals surface area contributed by atoms with Crippen LogP contribution in [0, 0.1) is 13.8 Å². The first-order valence-electron chi connectivity index (χ1n) is 8.52. The Hall–Kier alpha value is -2.67. The number of hydrogen-bond acceptors (Lipinski definition) is 6. The van der Waals surface area contributed by atoms with Crippen LogP contribution < -0.4 is 14.8 Å². The van der Waals surface area contributed by atoms with E-state index in [1.54, 1.807) is 6.07 Å². The summed E-state index contributed by atoms with van der Waals surface area (Å²) >= 11 is 1.41. The Kier molecular flexibility index (Phi) is 6.24. The lowest BCUT2D eigenvalue weighted by Gasteiger charge is -2.08. The molecule has 0 radical (unpaired) electrons. The fourth-order valence-corrected chi connectivity index (χ4v) is 3.41. The van der Waals surface area contributed by atoms with Crippen molar-refractivity contribution >= 4 is 23.6 Å². The fraction of sp³-hybridized carbons (Fsp3) is 0.300. The van der Waals surface area contributed by atoms with Crippen LogP contribution in [-0.4, -0.2) is 31.0 Å². The molecule has 6 nitrogen and oxygen atoms in total. The van der Waals surface area contributed by atoms with Crippen molar-refractivity contribution in [1.82, 2.24) is 5.32 Å². The van der Waals surface area contributed by atoms with Crippen LogP contribution in [0.25, 0.3) is 0 Å². The summed E-state index contributed by atoms with van der Waals surface area (Å²) in [6, 6.07) is 11.5. The predicted molar refractivity (Wildman–Crippen MR) is 102 cm³/mol. The minimum absolute atomic E-state index is 0.166. The van der Waals surface area contributed by atoms with Gasteiger partial charge in [0.1, 0.15) is 0 Å². The average Bonchev–Trinajstić information content (AvgIpc) is 3.13. The van der Waals surface area contributed by atoms with Crippen LogP contribution in [0.5, 0.6) is 11.5 Å². The molecule has 0 atom stereocenters. The number of carbonyl (C=O) groups excluding carboxylic acids is 2. The van der Waals surface area contributed by atoms with E-state index in [0.29, 0.717) is 18.0 Å². The third-order valence-corrected chi connectivity index (χ3v) is 5.11. The molecule has 0 spiro atoms. The highest BCUT2D eigenvalue weighted by molar-refractivity contribution is 8.00. The number of rotatable bonds is 7. The summed E-state index contributed by atoms with van der Waals surface area (Å²) in [5.41, 5.74) is 3.13. The van der Waals surface area contributed by atoms with E-state index in [9.17, 15) is 9.59 Å². The number of nitrogens with one attached hydrogen (secondary N) is 1. The molecule has 1 heterocycles. The standard InChI is InChI=1S/C20H21NO5S/c1-13-3-4-14(2)18(7-13)27-11-20(23)24-10-19(22)21-9-15-5-6-16-17(8-15)26-12-25-16/h3-8H,9-12H2,1-2H3,(H,21,22). The van der Waals surface area contributed by atoms with E-state index in [-0.39, 0.29) is 25.1 Å². The maximum atomic E-state index is 11.9. The molecule has 0 bridgehead atoms. The second-order valence-corrected chi connectivity index (χ2v) is 7.20. The summed E-state index contributed by atoms with van der Waals surface area (Å²) < 4.78 is 15.6. The third kappa shape index (κ3) is 5.40. The molecule has 0 saturated carbocycles. The number of thioether (sulfide) groups is 1. The first-order valence-corrected chi connectivity index (χ1v) is 9.51. The third-order valence-electron chi connectivity index (χ3n) is 3.98. The van der Waals surface area contributed by atoms with Crippen molar-refractivity contribution in [2.75, 3.05) is 19.2 Å². The van der Waals surface area contributed by atoms with E-state index in [4.69, 9.17) is 14.2 Å². The summed E-state index contributed by atoms with van der Waals surface area (Å²) in [7, 11) is 0. The van der Waals surface area contributed by atoms with E-state index < -0.39 is 5.97 Å². The molecule has 0 fully saturated rings. The number of ether oxygens (including phenoxy) is 3. The van der Waals surface area contributed by atoms with Crippen molar-refractivity contribution < 1.29 is 23.8 Å². The molecule has 1 N–H and O–H groups in total. The molecule has 0 unspecified atom stereocenters. The quantitative estimate of drug-likeness (QED) is 0.582. The van der Waals surface area contributed by atoms with Crippen molar-refractivity contribution in [1.29, 1.82) is 0 Å². The number of aryl methyl sites for hydroxylation is 2. The molecule has 1 aliphatic heterocycles. The van der Waals surface area contributed by atoms with Crippen LogP contribution in [0.15, 0.2) is 41.3 Å². The van der Waals surface area contributed by atoms with Crippen LogP contribution >= 0.6 is 11.8 Å². The Bertz CT molecular complexity index is 852. The number of benzene rings is 2. The van der Waals surface area contributed by atoms with Gasteiger partial charge >= 0.3 is 5.97 Å². The zero-order valence-corrected chi connectivity index (χ0v) is 16.1. The Balaban J connectivity index is 1.38. The number of carbonyl (C=O) groups is 2. The van der Waals surface area contributed by atoms with Gasteiger partial charge < -0.3 is 19.5 Å². The predicted octanol–water partition coefficient (Wildman–Crippen LogP) is 2.98. The monoisotopic (exact) mass is 387 g/mol. The highest BCUT2D eigenvalue weighted by Crippen LogP contribution is 2.32. The minimum atomic E-state index is -0.417. The van der Waals surface area contributed by atoms with E-state index >= 15 is 0 Å². The molecule has 7 heteroatoms. The summed E-state index contributed by atoms with van der Waals surface area (Å²) in [6.07, 6.45) is 0. The van der Waals surface area contributed by atoms with E-state index in [2.05, 4.69) is 5.32 Å². The van der Waals surface area contributed by atoms with Gasteiger partial charge in [-0.1, -0.05) is 23.8 Å². The first kappa shape index (κ1) is 19.1. The summed E-state index contributed by atoms with van der Waals surface area (Å²) in [6.45, 7) is 4.24. The van der Waals surface area contributed by atoms with Crippen LogP contribution in [0.3, 0.4) is 0 Å². The lowest BCUT2D eigenvalue weighted by molar-refractivity contribution is -0.145. The van der Waals surface area contributed by atoms with Gasteiger partial charge in [-0.25, -0.2) is 0 Å². The Morgan fingerprint density at radius 2 is 1.93 bits per heavy atom. The normalized spacial score (nSPS) is 11.9. The second-order valence-electron chi connectivity index (χ2n) is 6.18. The average molecular weight is 387 g/mol. The summed E-state index contributed by atoms with van der Waals surface area (Å²) in [5.74, 6) is 0.758. The SMILES string of the molecule is Cc1ccc(C)c(SCC(=O)OCC(=O)NCc2ccc3c(c2)OCO3)c1. The van der Waals surface area contributed by atoms with Crippen LogP contribution in [0.4, 0.5) is 0 Å². The molecule has 0 saturated heterocycles. The van der Waals surface area contributed by atoms with Gasteiger partial charge in [0.25, 0.3) is 5.91 Å². The van der Waals surface area contributed by atoms with Gasteiger partial charge in [0.05, 0.1) is 5.75 Å². The highest BCUT2D eigenvalue weighted by Gasteiger charge is 2.14. The van der Waals surface area contributed by atoms with Gasteiger partial charge in [-0.05, 0) is 43.2 Å². The van der Waals surface area contributed by atoms with Gasteiger partial charge in [0.15, 0.2) is 18.1 Å². The largest absolute Gasteiger partial charge is 0.455 e. The first-order chi connectivity index (χ1) is 13.0. The van der Waals surface area contributed by atoms with Crippen LogP contribution in [0.1, 0.15) is 16.7 Å². The molecule has 0 aromatic heterocycles. The van der Waals surface area contributed by atoms with Gasteiger partial charge in [0.2, 0.25) is 6.79 Å². The Morgan fingerprint density at radius 3 is 2.78 bits per heavy atom. The van der Waals surface area contributed by atoms with E-state index in [0.717, 1.165) is 21.6 Å². The Morgan fingerprint density at radius 1 is 1.11 bits per heavy atom. The smallest absolute Gasteiger partial charge is 0.316 e. The summed E-state index contributed by atoms with van der Waals surface area (Å²) in [5, 5.41) is 2.72. The number of amides is 1. The fourth-order valence-electron chi connectivity index (χ4n) is 2.49. The maximum absolute atomic E-state index is 11.9. The van der Waals surface area contributed by atoms with Gasteiger partial charge in [-0.2, -0.15) is 0 Å². The van der Waals surface area contributed by atoms with Crippen LogP contribution in [0.2, 0.25) is 0 Å². The van der Waals surface area contributed by atoms with Gasteiger partial charge in [-0.15, -0.1) is 11.8 Å². The molecule has 3 rings (SSSR count). The number of fused-ring (bicyclic) bond motifs is 1. The maximum Gasteiger partial charge on any atom is 0.316 e. The molecule has 1 aliphatic rings. The molecule has 0 aliphatic carbocycles. The van der Waals surface area contributed by atoms with Crippen molar-refractivity contribution in [2.24, 2.45) is 0 Å². The van der Waals surface area contributed by atoms with Crippen molar-refractivity contribution in [2.45, 2.75) is 25.3 Å². The molecule has 142 valence electrons. The zero-order valence-electron chi connectivity index (χ0n) is 15.2. The molecule has 2 aromatic rings. The highest BCUT2D eigenvalue weighted by atomic mass is 32.2. The van der Waals surface area contributed by atoms with Gasteiger partial charge in [0, 0.05) is 11.4 Å². The Labute approximate surface area is 162 Å².